The van der Waals surface area contributed by atoms with E-state index in [1.807, 2.05) is 0 Å². The summed E-state index contributed by atoms with van der Waals surface area (Å²) in [6.45, 7) is 5.35. The van der Waals surface area contributed by atoms with E-state index in [9.17, 15) is 9.90 Å². The summed E-state index contributed by atoms with van der Waals surface area (Å²) in [7, 11) is 0. The van der Waals surface area contributed by atoms with Gasteiger partial charge in [0.1, 0.15) is 0 Å². The predicted octanol–water partition coefficient (Wildman–Crippen LogP) is 1.21. The first-order chi connectivity index (χ1) is 5.16. The highest BCUT2D eigenvalue weighted by molar-refractivity contribution is 5.99. The van der Waals surface area contributed by atoms with Crippen LogP contribution in [0.25, 0.3) is 0 Å². The molecule has 2 nitrogen and oxygen atoms in total. The number of carbonyl (C=O) groups excluding carboxylic acids is 1. The van der Waals surface area contributed by atoms with Crippen LogP contribution < -0.4 is 0 Å². The molecule has 0 amide bonds. The van der Waals surface area contributed by atoms with Crippen LogP contribution in [0.4, 0.5) is 0 Å². The van der Waals surface area contributed by atoms with Gasteiger partial charge in [-0.1, -0.05) is 6.08 Å². The number of ketones is 1. The summed E-state index contributed by atoms with van der Waals surface area (Å²) in [6.07, 6.45) is 1.99. The zero-order valence-corrected chi connectivity index (χ0v) is 6.63. The minimum Gasteiger partial charge on any atom is -0.388 e. The van der Waals surface area contributed by atoms with E-state index in [4.69, 9.17) is 0 Å². The van der Waals surface area contributed by atoms with Crippen LogP contribution in [-0.4, -0.2) is 17.0 Å². The van der Waals surface area contributed by atoms with Gasteiger partial charge < -0.3 is 5.11 Å². The van der Waals surface area contributed by atoms with Gasteiger partial charge in [-0.25, -0.2) is 0 Å². The summed E-state index contributed by atoms with van der Waals surface area (Å²) in [5, 5.41) is 9.25. The largest absolute Gasteiger partial charge is 0.388 e. The van der Waals surface area contributed by atoms with Crippen LogP contribution in [-0.2, 0) is 4.79 Å². The summed E-state index contributed by atoms with van der Waals surface area (Å²) in [5.41, 5.74) is 1.56. The average Bonchev–Trinajstić information content (AvgIpc) is 2.17. The van der Waals surface area contributed by atoms with Crippen LogP contribution in [0.1, 0.15) is 19.8 Å². The summed E-state index contributed by atoms with van der Waals surface area (Å²) in [5.74, 6) is 0.0647. The lowest BCUT2D eigenvalue weighted by molar-refractivity contribution is -0.115. The maximum absolute atomic E-state index is 11.1. The van der Waals surface area contributed by atoms with Crippen LogP contribution in [0, 0.1) is 0 Å². The number of allylic oxidation sites excluding steroid dienone is 2. The van der Waals surface area contributed by atoms with E-state index in [-0.39, 0.29) is 12.2 Å². The summed E-state index contributed by atoms with van der Waals surface area (Å²) in [4.78, 5) is 11.1. The fraction of sp³-hybridized carbons (Fsp3) is 0.444. The number of hydrogen-bond acceptors (Lipinski definition) is 2. The molecular formula is C9H12O2. The van der Waals surface area contributed by atoms with Crippen molar-refractivity contribution in [2.45, 2.75) is 25.9 Å². The molecule has 60 valence electrons. The molecule has 1 aliphatic carbocycles. The molecule has 0 bridgehead atoms. The molecule has 0 heterocycles. The van der Waals surface area contributed by atoms with Crippen molar-refractivity contribution >= 4 is 5.78 Å². The topological polar surface area (TPSA) is 37.3 Å². The summed E-state index contributed by atoms with van der Waals surface area (Å²) >= 11 is 0. The Bertz CT molecular complexity index is 226. The lowest BCUT2D eigenvalue weighted by Gasteiger charge is -1.99. The Morgan fingerprint density at radius 1 is 1.82 bits per heavy atom. The molecule has 2 heteroatoms. The Hall–Kier alpha value is -0.890. The van der Waals surface area contributed by atoms with Crippen molar-refractivity contribution in [1.82, 2.24) is 0 Å². The van der Waals surface area contributed by atoms with E-state index in [1.54, 1.807) is 13.0 Å². The minimum atomic E-state index is -0.544. The predicted molar refractivity (Wildman–Crippen MR) is 43.1 cm³/mol. The highest BCUT2D eigenvalue weighted by Gasteiger charge is 2.26. The second kappa shape index (κ2) is 3.01. The Morgan fingerprint density at radius 2 is 2.45 bits per heavy atom. The molecule has 0 aromatic heterocycles. The Kier molecular flexibility index (Phi) is 2.25. The highest BCUT2D eigenvalue weighted by atomic mass is 16.3. The molecule has 1 atom stereocenters. The minimum absolute atomic E-state index is 0.0647. The maximum atomic E-state index is 11.1. The zero-order chi connectivity index (χ0) is 8.43. The zero-order valence-electron chi connectivity index (χ0n) is 6.63. The van der Waals surface area contributed by atoms with Gasteiger partial charge in [-0.2, -0.15) is 0 Å². The van der Waals surface area contributed by atoms with Crippen molar-refractivity contribution in [1.29, 1.82) is 0 Å². The van der Waals surface area contributed by atoms with Gasteiger partial charge in [0.05, 0.1) is 6.10 Å². The molecule has 0 spiro atoms. The normalized spacial score (nSPS) is 24.5. The van der Waals surface area contributed by atoms with Crippen molar-refractivity contribution in [3.05, 3.63) is 23.8 Å². The van der Waals surface area contributed by atoms with Crippen LogP contribution in [0.2, 0.25) is 0 Å². The fourth-order valence-corrected chi connectivity index (χ4v) is 1.29. The third-order valence-corrected chi connectivity index (χ3v) is 2.04. The fourth-order valence-electron chi connectivity index (χ4n) is 1.29. The van der Waals surface area contributed by atoms with E-state index in [0.29, 0.717) is 6.42 Å². The number of carbonyl (C=O) groups is 1. The molecule has 11 heavy (non-hydrogen) atoms. The molecule has 1 unspecified atom stereocenters. The Labute approximate surface area is 66.2 Å². The summed E-state index contributed by atoms with van der Waals surface area (Å²) in [6, 6.07) is 0. The number of Topliss-reactive ketones (excluding diaryl/α,β-unsaturated/α-hetero) is 1. The lowest BCUT2D eigenvalue weighted by atomic mass is 10.1. The van der Waals surface area contributed by atoms with Gasteiger partial charge in [0, 0.05) is 12.0 Å². The lowest BCUT2D eigenvalue weighted by Crippen LogP contribution is -2.03. The molecule has 1 rings (SSSR count). The number of rotatable bonds is 2. The van der Waals surface area contributed by atoms with Crippen molar-refractivity contribution in [3.63, 3.8) is 0 Å². The van der Waals surface area contributed by atoms with E-state index < -0.39 is 6.10 Å². The van der Waals surface area contributed by atoms with Gasteiger partial charge in [0.15, 0.2) is 5.78 Å². The molecule has 0 aromatic rings. The van der Waals surface area contributed by atoms with Crippen molar-refractivity contribution in [2.24, 2.45) is 0 Å². The van der Waals surface area contributed by atoms with Gasteiger partial charge in [-0.15, -0.1) is 6.58 Å². The molecule has 0 saturated carbocycles. The van der Waals surface area contributed by atoms with Crippen molar-refractivity contribution in [2.75, 3.05) is 0 Å². The molecule has 0 aromatic carbocycles. The molecule has 1 aliphatic rings. The number of aliphatic hydroxyl groups excluding tert-OH is 1. The molecule has 0 aliphatic heterocycles. The highest BCUT2D eigenvalue weighted by Crippen LogP contribution is 2.25. The molecule has 1 N–H and O–H groups in total. The first-order valence-electron chi connectivity index (χ1n) is 3.68. The van der Waals surface area contributed by atoms with E-state index in [1.165, 1.54) is 0 Å². The maximum Gasteiger partial charge on any atom is 0.162 e. The Morgan fingerprint density at radius 3 is 2.82 bits per heavy atom. The third-order valence-electron chi connectivity index (χ3n) is 2.04. The summed E-state index contributed by atoms with van der Waals surface area (Å²) < 4.78 is 0. The SMILES string of the molecule is C=CCC1=C(C)C(O)CC1=O. The molecule has 0 radical (unpaired) electrons. The van der Waals surface area contributed by atoms with Crippen LogP contribution in [0.5, 0.6) is 0 Å². The van der Waals surface area contributed by atoms with Gasteiger partial charge >= 0.3 is 0 Å². The Balaban J connectivity index is 2.87. The van der Waals surface area contributed by atoms with Crippen LogP contribution in [0.15, 0.2) is 23.8 Å². The van der Waals surface area contributed by atoms with Crippen LogP contribution >= 0.6 is 0 Å². The first kappa shape index (κ1) is 8.21. The molecule has 0 fully saturated rings. The second-order valence-corrected chi connectivity index (χ2v) is 2.80. The van der Waals surface area contributed by atoms with E-state index >= 15 is 0 Å². The molecule has 0 saturated heterocycles. The number of aliphatic hydroxyl groups is 1. The van der Waals surface area contributed by atoms with Gasteiger partial charge in [-0.3, -0.25) is 4.79 Å². The van der Waals surface area contributed by atoms with Gasteiger partial charge in [-0.05, 0) is 18.9 Å². The smallest absolute Gasteiger partial charge is 0.162 e. The quantitative estimate of drug-likeness (QED) is 0.604. The van der Waals surface area contributed by atoms with E-state index in [0.717, 1.165) is 11.1 Å². The monoisotopic (exact) mass is 152 g/mol. The van der Waals surface area contributed by atoms with Gasteiger partial charge in [0.25, 0.3) is 0 Å². The first-order valence-corrected chi connectivity index (χ1v) is 3.68. The standard InChI is InChI=1S/C9H12O2/c1-3-4-7-6(2)8(10)5-9(7)11/h3,8,10H,1,4-5H2,2H3. The molecular weight excluding hydrogens is 140 g/mol. The average molecular weight is 152 g/mol. The van der Waals surface area contributed by atoms with Gasteiger partial charge in [0.2, 0.25) is 0 Å². The van der Waals surface area contributed by atoms with Crippen molar-refractivity contribution < 1.29 is 9.90 Å². The van der Waals surface area contributed by atoms with E-state index in [2.05, 4.69) is 6.58 Å². The number of hydrogen-bond donors (Lipinski definition) is 1. The van der Waals surface area contributed by atoms with Crippen molar-refractivity contribution in [3.8, 4) is 0 Å². The second-order valence-electron chi connectivity index (χ2n) is 2.80. The third kappa shape index (κ3) is 1.40. The van der Waals surface area contributed by atoms with Crippen LogP contribution in [0.3, 0.4) is 0 Å².